The molecule has 0 heterocycles. The molecule has 76 valence electrons. The molecule has 0 aliphatic rings. The van der Waals surface area contributed by atoms with E-state index in [0.717, 1.165) is 0 Å². The van der Waals surface area contributed by atoms with Crippen LogP contribution in [0.25, 0.3) is 0 Å². The molecule has 0 aromatic heterocycles. The van der Waals surface area contributed by atoms with Crippen LogP contribution in [0.3, 0.4) is 0 Å². The predicted octanol–water partition coefficient (Wildman–Crippen LogP) is 3.11. The average molecular weight is 177 g/mol. The molecule has 1 N–H and O–H groups in total. The molecule has 12 heavy (non-hydrogen) atoms. The van der Waals surface area contributed by atoms with E-state index >= 15 is 0 Å². The summed E-state index contributed by atoms with van der Waals surface area (Å²) in [4.78, 5) is 0. The summed E-state index contributed by atoms with van der Waals surface area (Å²) in [5.74, 6) is 0. The van der Waals surface area contributed by atoms with Crippen molar-refractivity contribution in [1.82, 2.24) is 5.32 Å². The van der Waals surface area contributed by atoms with E-state index in [0.29, 0.717) is 0 Å². The molecule has 0 fully saturated rings. The first kappa shape index (κ1) is 14.4. The molecule has 0 saturated carbocycles. The van der Waals surface area contributed by atoms with Gasteiger partial charge in [-0.1, -0.05) is 39.5 Å². The molecule has 2 heteroatoms. The van der Waals surface area contributed by atoms with E-state index in [-0.39, 0.29) is 4.70 Å². The highest BCUT2D eigenvalue weighted by Gasteiger charge is 1.86. The molecule has 0 bridgehead atoms. The fourth-order valence-electron chi connectivity index (χ4n) is 1.12. The first-order valence-corrected chi connectivity index (χ1v) is 5.12. The molecule has 1 nitrogen and oxygen atoms in total. The van der Waals surface area contributed by atoms with Crippen LogP contribution < -0.4 is 5.32 Å². The summed E-state index contributed by atoms with van der Waals surface area (Å²) in [6.45, 7) is 6.93. The molecule has 0 aromatic rings. The van der Waals surface area contributed by atoms with E-state index < -0.39 is 0 Å². The number of nitrogens with one attached hydrogen (secondary N) is 1. The molecule has 0 spiro atoms. The van der Waals surface area contributed by atoms with Crippen LogP contribution in [-0.2, 0) is 0 Å². The van der Waals surface area contributed by atoms with Gasteiger partial charge in [-0.3, -0.25) is 4.70 Å². The van der Waals surface area contributed by atoms with Gasteiger partial charge in [0, 0.05) is 0 Å². The van der Waals surface area contributed by atoms with Crippen LogP contribution in [0.5, 0.6) is 0 Å². The quantitative estimate of drug-likeness (QED) is 0.562. The Balaban J connectivity index is 0. The first-order valence-electron chi connectivity index (χ1n) is 5.12. The van der Waals surface area contributed by atoms with Crippen LogP contribution in [0.15, 0.2) is 0 Å². The molecule has 0 aromatic carbocycles. The smallest absolute Gasteiger partial charge is 0.00489 e. The molecule has 0 atom stereocenters. The van der Waals surface area contributed by atoms with Gasteiger partial charge in [-0.2, -0.15) is 0 Å². The summed E-state index contributed by atoms with van der Waals surface area (Å²) in [5.41, 5.74) is 0. The number of hydrogen-bond acceptors (Lipinski definition) is 1. The van der Waals surface area contributed by atoms with Crippen molar-refractivity contribution in [2.24, 2.45) is 0 Å². The van der Waals surface area contributed by atoms with Crippen LogP contribution >= 0.6 is 0 Å². The van der Waals surface area contributed by atoms with Gasteiger partial charge in [0.15, 0.2) is 0 Å². The fraction of sp³-hybridized carbons (Fsp3) is 1.00. The third-order valence-electron chi connectivity index (χ3n) is 1.91. The lowest BCUT2D eigenvalue weighted by atomic mass is 10.2. The average Bonchev–Trinajstić information content (AvgIpc) is 2.03. The largest absolute Gasteiger partial charge is 0.317 e. The Morgan fingerprint density at radius 3 is 1.50 bits per heavy atom. The van der Waals surface area contributed by atoms with Crippen molar-refractivity contribution in [3.05, 3.63) is 0 Å². The number of hydrogen-bond donors (Lipinski definition) is 1. The Labute approximate surface area is 76.3 Å². The summed E-state index contributed by atoms with van der Waals surface area (Å²) in [7, 11) is 0. The highest BCUT2D eigenvalue weighted by atomic mass is 19.0. The van der Waals surface area contributed by atoms with Crippen LogP contribution in [-0.4, -0.2) is 13.1 Å². The third-order valence-corrected chi connectivity index (χ3v) is 1.91. The van der Waals surface area contributed by atoms with Crippen molar-refractivity contribution < 1.29 is 4.70 Å². The first-order chi connectivity index (χ1) is 5.41. The van der Waals surface area contributed by atoms with Gasteiger partial charge in [0.25, 0.3) is 0 Å². The van der Waals surface area contributed by atoms with Gasteiger partial charge in [-0.25, -0.2) is 0 Å². The molecule has 0 saturated heterocycles. The minimum Gasteiger partial charge on any atom is -0.317 e. The molecule has 0 rings (SSSR count). The SMILES string of the molecule is CCCCCNCCCCC.F. The van der Waals surface area contributed by atoms with Crippen molar-refractivity contribution in [3.8, 4) is 0 Å². The second kappa shape index (κ2) is 13.5. The van der Waals surface area contributed by atoms with E-state index in [1.165, 1.54) is 51.6 Å². The highest BCUT2D eigenvalue weighted by molar-refractivity contribution is 4.48. The lowest BCUT2D eigenvalue weighted by Crippen LogP contribution is -2.16. The lowest BCUT2D eigenvalue weighted by molar-refractivity contribution is 0.583. The van der Waals surface area contributed by atoms with Gasteiger partial charge in [-0.15, -0.1) is 0 Å². The lowest BCUT2D eigenvalue weighted by Gasteiger charge is -2.02. The molecule has 0 aliphatic carbocycles. The Kier molecular flexibility index (Phi) is 16.2. The van der Waals surface area contributed by atoms with Crippen molar-refractivity contribution >= 4 is 0 Å². The standard InChI is InChI=1S/C10H23N.FH/c1-3-5-7-9-11-10-8-6-4-2;/h11H,3-10H2,1-2H3;1H. The maximum atomic E-state index is 3.46. The van der Waals surface area contributed by atoms with Gasteiger partial charge < -0.3 is 5.32 Å². The Bertz CT molecular complexity index is 58.9. The zero-order valence-electron chi connectivity index (χ0n) is 8.57. The second-order valence-corrected chi connectivity index (χ2v) is 3.16. The fourth-order valence-corrected chi connectivity index (χ4v) is 1.12. The van der Waals surface area contributed by atoms with Crippen LogP contribution in [0, 0.1) is 0 Å². The van der Waals surface area contributed by atoms with Gasteiger partial charge in [0.05, 0.1) is 0 Å². The zero-order valence-corrected chi connectivity index (χ0v) is 8.57. The topological polar surface area (TPSA) is 12.0 Å². The molecule has 0 radical (unpaired) electrons. The summed E-state index contributed by atoms with van der Waals surface area (Å²) in [6.07, 6.45) is 8.11. The second-order valence-electron chi connectivity index (χ2n) is 3.16. The molecule has 0 unspecified atom stereocenters. The van der Waals surface area contributed by atoms with Crippen molar-refractivity contribution in [1.29, 1.82) is 0 Å². The van der Waals surface area contributed by atoms with E-state index in [2.05, 4.69) is 19.2 Å². The van der Waals surface area contributed by atoms with E-state index in [9.17, 15) is 0 Å². The summed E-state index contributed by atoms with van der Waals surface area (Å²) < 4.78 is 0. The Hall–Kier alpha value is -0.110. The predicted molar refractivity (Wildman–Crippen MR) is 54.4 cm³/mol. The molecule has 0 aliphatic heterocycles. The zero-order chi connectivity index (χ0) is 8.36. The number of unbranched alkanes of at least 4 members (excludes halogenated alkanes) is 4. The van der Waals surface area contributed by atoms with Gasteiger partial charge >= 0.3 is 0 Å². The third kappa shape index (κ3) is 12.6. The minimum atomic E-state index is 0. The van der Waals surface area contributed by atoms with Crippen molar-refractivity contribution in [3.63, 3.8) is 0 Å². The maximum Gasteiger partial charge on any atom is -0.00489 e. The van der Waals surface area contributed by atoms with E-state index in [4.69, 9.17) is 0 Å². The van der Waals surface area contributed by atoms with Gasteiger partial charge in [-0.05, 0) is 25.9 Å². The molecule has 0 amide bonds. The van der Waals surface area contributed by atoms with Crippen molar-refractivity contribution in [2.75, 3.05) is 13.1 Å². The number of halogens is 1. The normalized spacial score (nSPS) is 9.50. The van der Waals surface area contributed by atoms with Crippen LogP contribution in [0.2, 0.25) is 0 Å². The monoisotopic (exact) mass is 177 g/mol. The number of rotatable bonds is 8. The molecular weight excluding hydrogens is 153 g/mol. The van der Waals surface area contributed by atoms with E-state index in [1.54, 1.807) is 0 Å². The van der Waals surface area contributed by atoms with Crippen molar-refractivity contribution in [2.45, 2.75) is 52.4 Å². The molecular formula is C10H24FN. The van der Waals surface area contributed by atoms with Gasteiger partial charge in [0.2, 0.25) is 0 Å². The summed E-state index contributed by atoms with van der Waals surface area (Å²) in [6, 6.07) is 0. The van der Waals surface area contributed by atoms with Crippen LogP contribution in [0.4, 0.5) is 4.70 Å². The van der Waals surface area contributed by atoms with E-state index in [1.807, 2.05) is 0 Å². The minimum absolute atomic E-state index is 0. The Morgan fingerprint density at radius 2 is 1.17 bits per heavy atom. The summed E-state index contributed by atoms with van der Waals surface area (Å²) in [5, 5.41) is 3.46. The highest BCUT2D eigenvalue weighted by Crippen LogP contribution is 1.93. The summed E-state index contributed by atoms with van der Waals surface area (Å²) >= 11 is 0. The Morgan fingerprint density at radius 1 is 0.750 bits per heavy atom. The van der Waals surface area contributed by atoms with Crippen LogP contribution in [0.1, 0.15) is 52.4 Å². The maximum absolute atomic E-state index is 3.46. The van der Waals surface area contributed by atoms with Gasteiger partial charge in [0.1, 0.15) is 0 Å².